The van der Waals surface area contributed by atoms with Crippen molar-refractivity contribution in [3.05, 3.63) is 35.5 Å². The van der Waals surface area contributed by atoms with Crippen molar-refractivity contribution in [2.24, 2.45) is 7.05 Å². The van der Waals surface area contributed by atoms with Crippen molar-refractivity contribution in [3.8, 4) is 12.3 Å². The molecular weight excluding hydrogens is 158 g/mol. The van der Waals surface area contributed by atoms with E-state index in [-0.39, 0.29) is 0 Å². The predicted octanol–water partition coefficient (Wildman–Crippen LogP) is 2.47. The largest absolute Gasteiger partial charge is 0.347 e. The first-order valence-corrected chi connectivity index (χ1v) is 4.25. The summed E-state index contributed by atoms with van der Waals surface area (Å²) in [6.45, 7) is 2.08. The van der Waals surface area contributed by atoms with Crippen molar-refractivity contribution in [2.45, 2.75) is 6.92 Å². The van der Waals surface area contributed by atoms with E-state index in [0.717, 1.165) is 11.1 Å². The van der Waals surface area contributed by atoms with E-state index in [1.807, 2.05) is 19.2 Å². The fraction of sp³-hybridized carbons (Fsp3) is 0.167. The Labute approximate surface area is 78.0 Å². The van der Waals surface area contributed by atoms with Crippen LogP contribution in [0.25, 0.3) is 10.9 Å². The molecule has 1 heteroatoms. The third-order valence-corrected chi connectivity index (χ3v) is 2.45. The lowest BCUT2D eigenvalue weighted by atomic mass is 10.1. The molecule has 0 saturated heterocycles. The highest BCUT2D eigenvalue weighted by atomic mass is 14.9. The van der Waals surface area contributed by atoms with Gasteiger partial charge in [-0.3, -0.25) is 0 Å². The predicted molar refractivity (Wildman–Crippen MR) is 55.6 cm³/mol. The highest BCUT2D eigenvalue weighted by Gasteiger charge is 2.04. The minimum atomic E-state index is 0.966. The summed E-state index contributed by atoms with van der Waals surface area (Å²) in [7, 11) is 2.04. The van der Waals surface area contributed by atoms with Crippen LogP contribution in [0.3, 0.4) is 0 Å². The zero-order valence-corrected chi connectivity index (χ0v) is 7.83. The molecule has 0 fully saturated rings. The van der Waals surface area contributed by atoms with Gasteiger partial charge < -0.3 is 4.57 Å². The number of aryl methyl sites for hydroxylation is 2. The molecule has 2 aromatic rings. The van der Waals surface area contributed by atoms with E-state index in [1.54, 1.807) is 0 Å². The van der Waals surface area contributed by atoms with Crippen LogP contribution in [-0.2, 0) is 7.05 Å². The molecule has 0 amide bonds. The summed E-state index contributed by atoms with van der Waals surface area (Å²) in [5, 5.41) is 1.22. The summed E-state index contributed by atoms with van der Waals surface area (Å²) in [5.74, 6) is 2.70. The Morgan fingerprint density at radius 3 is 2.85 bits per heavy atom. The van der Waals surface area contributed by atoms with E-state index >= 15 is 0 Å². The van der Waals surface area contributed by atoms with Crippen molar-refractivity contribution in [3.63, 3.8) is 0 Å². The maximum atomic E-state index is 5.43. The Morgan fingerprint density at radius 2 is 2.15 bits per heavy atom. The van der Waals surface area contributed by atoms with Gasteiger partial charge in [0.25, 0.3) is 0 Å². The summed E-state index contributed by atoms with van der Waals surface area (Å²) < 4.78 is 2.13. The second-order valence-corrected chi connectivity index (χ2v) is 3.23. The molecule has 2 rings (SSSR count). The maximum absolute atomic E-state index is 5.43. The molecule has 1 nitrogen and oxygen atoms in total. The van der Waals surface area contributed by atoms with Crippen LogP contribution in [0, 0.1) is 19.3 Å². The number of hydrogen-bond donors (Lipinski definition) is 0. The zero-order valence-electron chi connectivity index (χ0n) is 7.83. The van der Waals surface area contributed by atoms with Crippen LogP contribution in [0.2, 0.25) is 0 Å². The monoisotopic (exact) mass is 169 g/mol. The second-order valence-electron chi connectivity index (χ2n) is 3.23. The van der Waals surface area contributed by atoms with Crippen molar-refractivity contribution >= 4 is 10.9 Å². The van der Waals surface area contributed by atoms with Gasteiger partial charge in [0.05, 0.1) is 5.52 Å². The maximum Gasteiger partial charge on any atom is 0.0638 e. The smallest absolute Gasteiger partial charge is 0.0638 e. The molecular formula is C12H11N. The van der Waals surface area contributed by atoms with Crippen LogP contribution >= 0.6 is 0 Å². The quantitative estimate of drug-likeness (QED) is 0.534. The van der Waals surface area contributed by atoms with Gasteiger partial charge in [0.1, 0.15) is 0 Å². The lowest BCUT2D eigenvalue weighted by molar-refractivity contribution is 0.917. The number of terminal acetylenes is 1. The minimum absolute atomic E-state index is 0.966. The van der Waals surface area contributed by atoms with Crippen LogP contribution in [-0.4, -0.2) is 4.57 Å². The number of hydrogen-bond acceptors (Lipinski definition) is 0. The molecule has 0 N–H and O–H groups in total. The molecule has 0 aliphatic heterocycles. The van der Waals surface area contributed by atoms with Crippen LogP contribution in [0.15, 0.2) is 24.3 Å². The van der Waals surface area contributed by atoms with E-state index in [2.05, 4.69) is 29.5 Å². The molecule has 0 aliphatic carbocycles. The standard InChI is InChI=1S/C12H11N/c1-4-10-6-5-7-11-8-9(2)13(3)12(10)11/h1,5-8H,2-3H3. The minimum Gasteiger partial charge on any atom is -0.347 e. The number of fused-ring (bicyclic) bond motifs is 1. The van der Waals surface area contributed by atoms with E-state index in [0.29, 0.717) is 0 Å². The average Bonchev–Trinajstić information content (AvgIpc) is 2.43. The molecule has 0 atom stereocenters. The molecule has 0 spiro atoms. The van der Waals surface area contributed by atoms with Crippen LogP contribution in [0.4, 0.5) is 0 Å². The molecule has 1 aromatic heterocycles. The molecule has 64 valence electrons. The molecule has 0 radical (unpaired) electrons. The molecule has 0 aliphatic rings. The van der Waals surface area contributed by atoms with Crippen molar-refractivity contribution in [2.75, 3.05) is 0 Å². The Balaban J connectivity index is 2.97. The number of para-hydroxylation sites is 1. The van der Waals surface area contributed by atoms with E-state index in [9.17, 15) is 0 Å². The van der Waals surface area contributed by atoms with Gasteiger partial charge in [-0.25, -0.2) is 0 Å². The normalized spacial score (nSPS) is 10.2. The SMILES string of the molecule is C#Cc1cccc2cc(C)n(C)c12. The van der Waals surface area contributed by atoms with Gasteiger partial charge in [0.15, 0.2) is 0 Å². The lowest BCUT2D eigenvalue weighted by Gasteiger charge is -2.00. The topological polar surface area (TPSA) is 4.93 Å². The average molecular weight is 169 g/mol. The Kier molecular flexibility index (Phi) is 1.63. The third-order valence-electron chi connectivity index (χ3n) is 2.45. The van der Waals surface area contributed by atoms with E-state index < -0.39 is 0 Å². The van der Waals surface area contributed by atoms with Gasteiger partial charge in [-0.15, -0.1) is 6.42 Å². The number of benzene rings is 1. The Hall–Kier alpha value is -1.68. The zero-order chi connectivity index (χ0) is 9.42. The number of rotatable bonds is 0. The van der Waals surface area contributed by atoms with Gasteiger partial charge in [0, 0.05) is 23.7 Å². The molecule has 0 bridgehead atoms. The van der Waals surface area contributed by atoms with E-state index in [4.69, 9.17) is 6.42 Å². The molecule has 0 saturated carbocycles. The highest BCUT2D eigenvalue weighted by molar-refractivity contribution is 5.86. The van der Waals surface area contributed by atoms with Gasteiger partial charge in [-0.05, 0) is 19.1 Å². The first kappa shape index (κ1) is 7.94. The summed E-state index contributed by atoms with van der Waals surface area (Å²) in [4.78, 5) is 0. The lowest BCUT2D eigenvalue weighted by Crippen LogP contribution is -1.91. The van der Waals surface area contributed by atoms with E-state index in [1.165, 1.54) is 11.1 Å². The summed E-state index contributed by atoms with van der Waals surface area (Å²) in [6, 6.07) is 8.21. The fourth-order valence-electron chi connectivity index (χ4n) is 1.67. The number of aromatic nitrogens is 1. The first-order valence-electron chi connectivity index (χ1n) is 4.25. The first-order chi connectivity index (χ1) is 6.24. The third kappa shape index (κ3) is 1.03. The second kappa shape index (κ2) is 2.67. The van der Waals surface area contributed by atoms with Crippen LogP contribution in [0.5, 0.6) is 0 Å². The fourth-order valence-corrected chi connectivity index (χ4v) is 1.67. The number of nitrogens with zero attached hydrogens (tertiary/aromatic N) is 1. The van der Waals surface area contributed by atoms with Gasteiger partial charge >= 0.3 is 0 Å². The van der Waals surface area contributed by atoms with Gasteiger partial charge in [-0.1, -0.05) is 18.1 Å². The molecule has 1 heterocycles. The van der Waals surface area contributed by atoms with Crippen molar-refractivity contribution < 1.29 is 0 Å². The Morgan fingerprint density at radius 1 is 1.38 bits per heavy atom. The summed E-state index contributed by atoms with van der Waals surface area (Å²) >= 11 is 0. The highest BCUT2D eigenvalue weighted by Crippen LogP contribution is 2.21. The van der Waals surface area contributed by atoms with Crippen LogP contribution < -0.4 is 0 Å². The molecule has 1 aromatic carbocycles. The van der Waals surface area contributed by atoms with Gasteiger partial charge in [0.2, 0.25) is 0 Å². The van der Waals surface area contributed by atoms with Gasteiger partial charge in [-0.2, -0.15) is 0 Å². The molecule has 13 heavy (non-hydrogen) atoms. The summed E-state index contributed by atoms with van der Waals surface area (Å²) in [5.41, 5.74) is 3.35. The van der Waals surface area contributed by atoms with Crippen molar-refractivity contribution in [1.29, 1.82) is 0 Å². The Bertz CT molecular complexity index is 498. The van der Waals surface area contributed by atoms with Crippen molar-refractivity contribution in [1.82, 2.24) is 4.57 Å². The summed E-state index contributed by atoms with van der Waals surface area (Å²) in [6.07, 6.45) is 5.43. The molecule has 0 unspecified atom stereocenters. The van der Waals surface area contributed by atoms with Crippen LogP contribution in [0.1, 0.15) is 11.3 Å².